The maximum Gasteiger partial charge on any atom is 0.0855 e. The lowest BCUT2D eigenvalue weighted by Crippen LogP contribution is -2.58. The normalized spacial score (nSPS) is 28.9. The summed E-state index contributed by atoms with van der Waals surface area (Å²) in [4.78, 5) is 7.15. The van der Waals surface area contributed by atoms with E-state index in [1.54, 1.807) is 0 Å². The summed E-state index contributed by atoms with van der Waals surface area (Å²) < 4.78 is 5.85. The molecular weight excluding hydrogens is 226 g/mol. The fourth-order valence-corrected chi connectivity index (χ4v) is 2.98. The highest BCUT2D eigenvalue weighted by atomic mass is 16.5. The number of aromatic nitrogens is 1. The van der Waals surface area contributed by atoms with Crippen molar-refractivity contribution in [1.29, 1.82) is 0 Å². The average Bonchev–Trinajstić information content (AvgIpc) is 2.39. The first-order chi connectivity index (χ1) is 8.83. The molecule has 0 aliphatic carbocycles. The second-order valence-corrected chi connectivity index (χ2v) is 5.21. The predicted molar refractivity (Wildman–Crippen MR) is 70.4 cm³/mol. The molecule has 1 aromatic heterocycles. The Hall–Kier alpha value is -0.970. The maximum absolute atomic E-state index is 5.85. The number of hydrogen-bond donors (Lipinski definition) is 1. The Morgan fingerprint density at radius 2 is 2.44 bits per heavy atom. The third-order valence-electron chi connectivity index (χ3n) is 3.88. The average molecular weight is 247 g/mol. The molecule has 3 heterocycles. The Balaban J connectivity index is 1.71. The number of ether oxygens (including phenoxy) is 1. The van der Waals surface area contributed by atoms with Gasteiger partial charge in [0.2, 0.25) is 0 Å². The van der Waals surface area contributed by atoms with Crippen molar-refractivity contribution in [2.24, 2.45) is 0 Å². The highest BCUT2D eigenvalue weighted by molar-refractivity contribution is 5.10. The number of nitrogens with one attached hydrogen (secondary N) is 1. The van der Waals surface area contributed by atoms with Crippen LogP contribution in [-0.2, 0) is 11.3 Å². The van der Waals surface area contributed by atoms with Crippen molar-refractivity contribution in [2.75, 3.05) is 26.2 Å². The summed E-state index contributed by atoms with van der Waals surface area (Å²) in [5.41, 5.74) is 2.27. The first-order valence-electron chi connectivity index (χ1n) is 6.82. The lowest BCUT2D eigenvalue weighted by Gasteiger charge is -2.43. The summed E-state index contributed by atoms with van der Waals surface area (Å²) in [7, 11) is 0. The van der Waals surface area contributed by atoms with Crippen LogP contribution in [-0.4, -0.2) is 48.3 Å². The summed E-state index contributed by atoms with van der Waals surface area (Å²) in [6.07, 6.45) is 1.54. The molecule has 2 atom stereocenters. The SMILES string of the molecule is Cc1cccc(CN2CCO[C@H]3CNCC[C@H]32)n1. The van der Waals surface area contributed by atoms with Crippen LogP contribution in [0, 0.1) is 6.92 Å². The fraction of sp³-hybridized carbons (Fsp3) is 0.643. The second kappa shape index (κ2) is 5.34. The number of rotatable bonds is 2. The third kappa shape index (κ3) is 2.55. The molecule has 0 saturated carbocycles. The second-order valence-electron chi connectivity index (χ2n) is 5.21. The first-order valence-corrected chi connectivity index (χ1v) is 6.82. The molecule has 1 N–H and O–H groups in total. The highest BCUT2D eigenvalue weighted by Crippen LogP contribution is 2.21. The standard InChI is InChI=1S/C14H21N3O/c1-11-3-2-4-12(16-11)10-17-7-8-18-14-9-15-6-5-13(14)17/h2-4,13-15H,5-10H2,1H3/t13-,14+/m1/s1. The van der Waals surface area contributed by atoms with Crippen molar-refractivity contribution in [3.63, 3.8) is 0 Å². The van der Waals surface area contributed by atoms with Gasteiger partial charge in [0.15, 0.2) is 0 Å². The summed E-state index contributed by atoms with van der Waals surface area (Å²) in [6.45, 7) is 6.96. The minimum Gasteiger partial charge on any atom is -0.374 e. The quantitative estimate of drug-likeness (QED) is 0.844. The van der Waals surface area contributed by atoms with Gasteiger partial charge in [-0.1, -0.05) is 6.07 Å². The Kier molecular flexibility index (Phi) is 3.59. The van der Waals surface area contributed by atoms with Gasteiger partial charge in [-0.05, 0) is 32.0 Å². The third-order valence-corrected chi connectivity index (χ3v) is 3.88. The molecule has 1 aromatic rings. The van der Waals surface area contributed by atoms with Crippen LogP contribution in [0.3, 0.4) is 0 Å². The van der Waals surface area contributed by atoms with Crippen LogP contribution in [0.4, 0.5) is 0 Å². The van der Waals surface area contributed by atoms with Crippen LogP contribution in [0.2, 0.25) is 0 Å². The summed E-state index contributed by atoms with van der Waals surface area (Å²) in [5.74, 6) is 0. The molecule has 0 bridgehead atoms. The van der Waals surface area contributed by atoms with E-state index in [0.717, 1.165) is 38.5 Å². The van der Waals surface area contributed by atoms with Crippen molar-refractivity contribution in [3.8, 4) is 0 Å². The number of nitrogens with zero attached hydrogens (tertiary/aromatic N) is 2. The van der Waals surface area contributed by atoms with E-state index < -0.39 is 0 Å². The molecule has 0 amide bonds. The van der Waals surface area contributed by atoms with E-state index in [-0.39, 0.29) is 0 Å². The smallest absolute Gasteiger partial charge is 0.0855 e. The Labute approximate surface area is 108 Å². The van der Waals surface area contributed by atoms with Gasteiger partial charge >= 0.3 is 0 Å². The van der Waals surface area contributed by atoms with Crippen molar-refractivity contribution < 1.29 is 4.74 Å². The van der Waals surface area contributed by atoms with E-state index >= 15 is 0 Å². The number of morpholine rings is 1. The Morgan fingerprint density at radius 1 is 1.50 bits per heavy atom. The van der Waals surface area contributed by atoms with Crippen LogP contribution in [0.15, 0.2) is 18.2 Å². The molecule has 0 aromatic carbocycles. The maximum atomic E-state index is 5.85. The number of piperidine rings is 1. The van der Waals surface area contributed by atoms with Gasteiger partial charge in [0.1, 0.15) is 0 Å². The van der Waals surface area contributed by atoms with E-state index in [0.29, 0.717) is 12.1 Å². The zero-order chi connectivity index (χ0) is 12.4. The van der Waals surface area contributed by atoms with Gasteiger partial charge in [-0.2, -0.15) is 0 Å². The lowest BCUT2D eigenvalue weighted by atomic mass is 9.99. The van der Waals surface area contributed by atoms with Crippen LogP contribution >= 0.6 is 0 Å². The topological polar surface area (TPSA) is 37.4 Å². The van der Waals surface area contributed by atoms with Gasteiger partial charge in [0.25, 0.3) is 0 Å². The summed E-state index contributed by atoms with van der Waals surface area (Å²) in [6, 6.07) is 6.83. The number of pyridine rings is 1. The van der Waals surface area contributed by atoms with Crippen LogP contribution in [0.5, 0.6) is 0 Å². The van der Waals surface area contributed by atoms with Crippen molar-refractivity contribution in [3.05, 3.63) is 29.6 Å². The molecule has 4 heteroatoms. The van der Waals surface area contributed by atoms with Gasteiger partial charge in [0.05, 0.1) is 18.4 Å². The van der Waals surface area contributed by atoms with Crippen molar-refractivity contribution in [2.45, 2.75) is 32.0 Å². The van der Waals surface area contributed by atoms with Gasteiger partial charge in [-0.3, -0.25) is 9.88 Å². The first kappa shape index (κ1) is 12.1. The monoisotopic (exact) mass is 247 g/mol. The molecule has 2 aliphatic rings. The Morgan fingerprint density at radius 3 is 3.33 bits per heavy atom. The summed E-state index contributed by atoms with van der Waals surface area (Å²) in [5, 5.41) is 3.41. The van der Waals surface area contributed by atoms with Gasteiger partial charge in [-0.25, -0.2) is 0 Å². The van der Waals surface area contributed by atoms with Gasteiger partial charge in [-0.15, -0.1) is 0 Å². The zero-order valence-corrected chi connectivity index (χ0v) is 10.9. The number of fused-ring (bicyclic) bond motifs is 1. The molecule has 98 valence electrons. The summed E-state index contributed by atoms with van der Waals surface area (Å²) >= 11 is 0. The van der Waals surface area contributed by atoms with Crippen molar-refractivity contribution >= 4 is 0 Å². The fourth-order valence-electron chi connectivity index (χ4n) is 2.98. The number of aryl methyl sites for hydroxylation is 1. The number of hydrogen-bond acceptors (Lipinski definition) is 4. The minimum absolute atomic E-state index is 0.359. The molecule has 4 nitrogen and oxygen atoms in total. The van der Waals surface area contributed by atoms with Crippen LogP contribution in [0.1, 0.15) is 17.8 Å². The van der Waals surface area contributed by atoms with E-state index in [4.69, 9.17) is 4.74 Å². The van der Waals surface area contributed by atoms with E-state index in [9.17, 15) is 0 Å². The Bertz CT molecular complexity index is 408. The molecule has 0 spiro atoms. The van der Waals surface area contributed by atoms with Crippen LogP contribution < -0.4 is 5.32 Å². The van der Waals surface area contributed by atoms with Crippen LogP contribution in [0.25, 0.3) is 0 Å². The lowest BCUT2D eigenvalue weighted by molar-refractivity contribution is -0.0846. The molecule has 0 unspecified atom stereocenters. The van der Waals surface area contributed by atoms with E-state index in [1.165, 1.54) is 12.1 Å². The van der Waals surface area contributed by atoms with Gasteiger partial charge < -0.3 is 10.1 Å². The highest BCUT2D eigenvalue weighted by Gasteiger charge is 2.34. The minimum atomic E-state index is 0.359. The zero-order valence-electron chi connectivity index (χ0n) is 10.9. The van der Waals surface area contributed by atoms with E-state index in [2.05, 4.69) is 40.3 Å². The molecule has 18 heavy (non-hydrogen) atoms. The largest absolute Gasteiger partial charge is 0.374 e. The molecule has 2 saturated heterocycles. The molecule has 3 rings (SSSR count). The molecule has 0 radical (unpaired) electrons. The van der Waals surface area contributed by atoms with Gasteiger partial charge in [0, 0.05) is 31.4 Å². The molecule has 2 aliphatic heterocycles. The molecule has 2 fully saturated rings. The molecular formula is C14H21N3O. The van der Waals surface area contributed by atoms with Crippen molar-refractivity contribution in [1.82, 2.24) is 15.2 Å². The van der Waals surface area contributed by atoms with E-state index in [1.807, 2.05) is 0 Å². The predicted octanol–water partition coefficient (Wildman–Crippen LogP) is 0.953.